The average molecular weight is 319 g/mol. The van der Waals surface area contributed by atoms with Crippen molar-refractivity contribution >= 4 is 12.1 Å². The third kappa shape index (κ3) is 3.68. The first-order chi connectivity index (χ1) is 10.8. The second kappa shape index (κ2) is 5.91. The second-order valence-electron chi connectivity index (χ2n) is 7.44. The van der Waals surface area contributed by atoms with Gasteiger partial charge in [0.05, 0.1) is 12.1 Å². The fourth-order valence-corrected chi connectivity index (χ4v) is 3.31. The van der Waals surface area contributed by atoms with Gasteiger partial charge in [-0.25, -0.2) is 9.59 Å². The van der Waals surface area contributed by atoms with Gasteiger partial charge in [0.15, 0.2) is 0 Å². The smallest absolute Gasteiger partial charge is 0.410 e. The highest BCUT2D eigenvalue weighted by molar-refractivity contribution is 5.78. The largest absolute Gasteiger partial charge is 0.444 e. The molecule has 0 saturated carbocycles. The summed E-state index contributed by atoms with van der Waals surface area (Å²) < 4.78 is 5.43. The number of rotatable bonds is 1. The zero-order valence-corrected chi connectivity index (χ0v) is 14.0. The van der Waals surface area contributed by atoms with Crippen LogP contribution in [-0.4, -0.2) is 47.8 Å². The summed E-state index contributed by atoms with van der Waals surface area (Å²) in [6.07, 6.45) is 7.94. The maximum absolute atomic E-state index is 12.1. The number of carbonyl (C=O) groups excluding carboxylic acids is 2. The van der Waals surface area contributed by atoms with Gasteiger partial charge in [-0.05, 0) is 45.1 Å². The molecule has 2 aliphatic heterocycles. The van der Waals surface area contributed by atoms with E-state index >= 15 is 0 Å². The highest BCUT2D eigenvalue weighted by atomic mass is 16.6. The predicted octanol–water partition coefficient (Wildman–Crippen LogP) is 2.18. The standard InChI is InChI=1S/C17H25N3O3/c1-17(2,3)23-16(22)20-8-6-11(7-9-20)12-4-5-13-14(10-12)19-15(21)18-13/h4-5,10-11,13-14H,6-9H2,1-3H3,(H2,18,19,21)/t13-,14+/m1/s1. The van der Waals surface area contributed by atoms with E-state index in [2.05, 4.69) is 28.9 Å². The summed E-state index contributed by atoms with van der Waals surface area (Å²) in [7, 11) is 0. The van der Waals surface area contributed by atoms with Crippen molar-refractivity contribution in [1.29, 1.82) is 0 Å². The molecule has 0 aromatic heterocycles. The van der Waals surface area contributed by atoms with Crippen molar-refractivity contribution < 1.29 is 14.3 Å². The van der Waals surface area contributed by atoms with Crippen molar-refractivity contribution in [3.63, 3.8) is 0 Å². The number of nitrogens with zero attached hydrogens (tertiary/aromatic N) is 1. The molecule has 2 N–H and O–H groups in total. The lowest BCUT2D eigenvalue weighted by Gasteiger charge is -2.34. The van der Waals surface area contributed by atoms with Gasteiger partial charge in [0.25, 0.3) is 0 Å². The number of nitrogens with one attached hydrogen (secondary N) is 2. The van der Waals surface area contributed by atoms with Gasteiger partial charge in [-0.1, -0.05) is 18.2 Å². The van der Waals surface area contributed by atoms with Crippen molar-refractivity contribution in [2.24, 2.45) is 5.92 Å². The first kappa shape index (κ1) is 15.9. The SMILES string of the molecule is CC(C)(C)OC(=O)N1CCC(C2=C[C@@H]3NC(=O)N[C@@H]3C=C2)CC1. The molecule has 2 heterocycles. The van der Waals surface area contributed by atoms with Crippen LogP contribution in [0.15, 0.2) is 23.8 Å². The molecule has 1 aliphatic carbocycles. The molecule has 2 fully saturated rings. The lowest BCUT2D eigenvalue weighted by Crippen LogP contribution is -2.42. The number of hydrogen-bond acceptors (Lipinski definition) is 3. The monoisotopic (exact) mass is 319 g/mol. The summed E-state index contributed by atoms with van der Waals surface area (Å²) in [6.45, 7) is 7.08. The molecule has 126 valence electrons. The topological polar surface area (TPSA) is 70.7 Å². The van der Waals surface area contributed by atoms with E-state index in [9.17, 15) is 9.59 Å². The molecule has 3 rings (SSSR count). The molecule has 3 amide bonds. The third-order valence-corrected chi connectivity index (χ3v) is 4.47. The van der Waals surface area contributed by atoms with Crippen LogP contribution in [-0.2, 0) is 4.74 Å². The van der Waals surface area contributed by atoms with Crippen molar-refractivity contribution in [1.82, 2.24) is 15.5 Å². The van der Waals surface area contributed by atoms with Gasteiger partial charge in [0, 0.05) is 13.1 Å². The molecule has 3 aliphatic rings. The second-order valence-corrected chi connectivity index (χ2v) is 7.44. The molecule has 6 nitrogen and oxygen atoms in total. The lowest BCUT2D eigenvalue weighted by molar-refractivity contribution is 0.0195. The lowest BCUT2D eigenvalue weighted by atomic mass is 9.84. The van der Waals surface area contributed by atoms with Crippen molar-refractivity contribution in [2.45, 2.75) is 51.3 Å². The Morgan fingerprint density at radius 1 is 1.22 bits per heavy atom. The number of piperidine rings is 1. The minimum atomic E-state index is -0.453. The maximum atomic E-state index is 12.1. The van der Waals surface area contributed by atoms with Crippen LogP contribution >= 0.6 is 0 Å². The van der Waals surface area contributed by atoms with E-state index in [0.717, 1.165) is 12.8 Å². The minimum Gasteiger partial charge on any atom is -0.444 e. The molecule has 2 atom stereocenters. The number of amides is 3. The van der Waals surface area contributed by atoms with Gasteiger partial charge in [-0.15, -0.1) is 0 Å². The van der Waals surface area contributed by atoms with Gasteiger partial charge >= 0.3 is 12.1 Å². The van der Waals surface area contributed by atoms with Crippen LogP contribution in [0.4, 0.5) is 9.59 Å². The summed E-state index contributed by atoms with van der Waals surface area (Å²) in [4.78, 5) is 25.3. The fourth-order valence-electron chi connectivity index (χ4n) is 3.31. The molecule has 2 saturated heterocycles. The van der Waals surface area contributed by atoms with E-state index in [0.29, 0.717) is 19.0 Å². The first-order valence-corrected chi connectivity index (χ1v) is 8.27. The number of likely N-dealkylation sites (tertiary alicyclic amines) is 1. The van der Waals surface area contributed by atoms with E-state index in [1.807, 2.05) is 20.8 Å². The van der Waals surface area contributed by atoms with Crippen LogP contribution < -0.4 is 10.6 Å². The summed E-state index contributed by atoms with van der Waals surface area (Å²) in [6, 6.07) is 0.00128. The Morgan fingerprint density at radius 3 is 2.52 bits per heavy atom. The average Bonchev–Trinajstić information content (AvgIpc) is 2.84. The van der Waals surface area contributed by atoms with Gasteiger partial charge in [-0.3, -0.25) is 0 Å². The molecule has 0 radical (unpaired) electrons. The Morgan fingerprint density at radius 2 is 1.87 bits per heavy atom. The van der Waals surface area contributed by atoms with Gasteiger partial charge < -0.3 is 20.3 Å². The molecule has 0 aromatic rings. The highest BCUT2D eigenvalue weighted by Gasteiger charge is 2.33. The summed E-state index contributed by atoms with van der Waals surface area (Å²) in [5, 5.41) is 5.79. The predicted molar refractivity (Wildman–Crippen MR) is 87.0 cm³/mol. The molecular formula is C17H25N3O3. The van der Waals surface area contributed by atoms with Crippen LogP contribution in [0.25, 0.3) is 0 Å². The zero-order valence-electron chi connectivity index (χ0n) is 14.0. The number of ether oxygens (including phenoxy) is 1. The Hall–Kier alpha value is -1.98. The minimum absolute atomic E-state index is 0.0476. The Kier molecular flexibility index (Phi) is 4.08. The van der Waals surface area contributed by atoms with Crippen LogP contribution in [0.5, 0.6) is 0 Å². The first-order valence-electron chi connectivity index (χ1n) is 8.27. The third-order valence-electron chi connectivity index (χ3n) is 4.47. The van der Waals surface area contributed by atoms with Gasteiger partial charge in [0.1, 0.15) is 5.60 Å². The summed E-state index contributed by atoms with van der Waals surface area (Å²) in [5.41, 5.74) is 0.810. The van der Waals surface area contributed by atoms with Crippen molar-refractivity contribution in [3.8, 4) is 0 Å². The molecular weight excluding hydrogens is 294 g/mol. The molecule has 0 unspecified atom stereocenters. The molecule has 0 bridgehead atoms. The summed E-state index contributed by atoms with van der Waals surface area (Å²) in [5.74, 6) is 0.434. The number of hydrogen-bond donors (Lipinski definition) is 2. The van der Waals surface area contributed by atoms with Crippen molar-refractivity contribution in [2.75, 3.05) is 13.1 Å². The zero-order chi connectivity index (χ0) is 16.6. The number of carbonyl (C=O) groups is 2. The fraction of sp³-hybridized carbons (Fsp3) is 0.647. The Balaban J connectivity index is 1.55. The van der Waals surface area contributed by atoms with Crippen LogP contribution in [0.1, 0.15) is 33.6 Å². The maximum Gasteiger partial charge on any atom is 0.410 e. The van der Waals surface area contributed by atoms with Gasteiger partial charge in [0.2, 0.25) is 0 Å². The number of urea groups is 1. The molecule has 0 aromatic carbocycles. The van der Waals surface area contributed by atoms with E-state index < -0.39 is 5.60 Å². The van der Waals surface area contributed by atoms with Crippen LogP contribution in [0.2, 0.25) is 0 Å². The Bertz CT molecular complexity index is 554. The Labute approximate surface area is 136 Å². The van der Waals surface area contributed by atoms with E-state index in [-0.39, 0.29) is 24.2 Å². The normalized spacial score (nSPS) is 27.9. The van der Waals surface area contributed by atoms with Gasteiger partial charge in [-0.2, -0.15) is 0 Å². The molecule has 23 heavy (non-hydrogen) atoms. The van der Waals surface area contributed by atoms with Crippen molar-refractivity contribution in [3.05, 3.63) is 23.8 Å². The van der Waals surface area contributed by atoms with Crippen LogP contribution in [0, 0.1) is 5.92 Å². The number of fused-ring (bicyclic) bond motifs is 1. The molecule has 6 heteroatoms. The molecule has 0 spiro atoms. The van der Waals surface area contributed by atoms with Crippen LogP contribution in [0.3, 0.4) is 0 Å². The number of allylic oxidation sites excluding steroid dienone is 2. The van der Waals surface area contributed by atoms with E-state index in [4.69, 9.17) is 4.74 Å². The quantitative estimate of drug-likeness (QED) is 0.778. The van der Waals surface area contributed by atoms with E-state index in [1.54, 1.807) is 4.90 Å². The highest BCUT2D eigenvalue weighted by Crippen LogP contribution is 2.29. The van der Waals surface area contributed by atoms with E-state index in [1.165, 1.54) is 5.57 Å². The summed E-state index contributed by atoms with van der Waals surface area (Å²) >= 11 is 0.